The molecule has 108 valence electrons. The van der Waals surface area contributed by atoms with Gasteiger partial charge in [0.2, 0.25) is 5.78 Å². The average Bonchev–Trinajstić information content (AvgIpc) is 2.46. The topological polar surface area (TPSA) is 69.4 Å². The van der Waals surface area contributed by atoms with Gasteiger partial charge in [-0.2, -0.15) is 0 Å². The molecule has 2 rings (SSSR count). The highest BCUT2D eigenvalue weighted by molar-refractivity contribution is 9.10. The maximum absolute atomic E-state index is 13.0. The summed E-state index contributed by atoms with van der Waals surface area (Å²) in [6, 6.07) is 9.66. The standard InChI is InChI=1S/C14H9BrFNO4/c15-11-4-2-1-3-10(11)13(18)8-21-14-6-5-9(16)7-12(14)17(19)20/h1-7H,8H2. The van der Waals surface area contributed by atoms with Crippen molar-refractivity contribution < 1.29 is 18.8 Å². The number of hydrogen-bond donors (Lipinski definition) is 0. The van der Waals surface area contributed by atoms with E-state index < -0.39 is 16.4 Å². The van der Waals surface area contributed by atoms with Crippen molar-refractivity contribution >= 4 is 27.4 Å². The van der Waals surface area contributed by atoms with Gasteiger partial charge in [-0.25, -0.2) is 4.39 Å². The predicted molar refractivity (Wildman–Crippen MR) is 77.0 cm³/mol. The summed E-state index contributed by atoms with van der Waals surface area (Å²) in [5, 5.41) is 10.8. The van der Waals surface area contributed by atoms with Gasteiger partial charge in [-0.1, -0.05) is 34.1 Å². The van der Waals surface area contributed by atoms with E-state index in [1.165, 1.54) is 0 Å². The Morgan fingerprint density at radius 1 is 1.29 bits per heavy atom. The molecule has 0 saturated carbocycles. The number of carbonyl (C=O) groups is 1. The Hall–Kier alpha value is -2.28. The van der Waals surface area contributed by atoms with E-state index in [4.69, 9.17) is 4.74 Å². The maximum Gasteiger partial charge on any atom is 0.313 e. The molecule has 0 amide bonds. The molecule has 21 heavy (non-hydrogen) atoms. The molecule has 0 aliphatic rings. The van der Waals surface area contributed by atoms with E-state index in [2.05, 4.69) is 15.9 Å². The van der Waals surface area contributed by atoms with Crippen molar-refractivity contribution in [2.45, 2.75) is 0 Å². The minimum atomic E-state index is -0.763. The molecular formula is C14H9BrFNO4. The van der Waals surface area contributed by atoms with Crippen LogP contribution in [0.2, 0.25) is 0 Å². The molecule has 0 radical (unpaired) electrons. The summed E-state index contributed by atoms with van der Waals surface area (Å²) in [7, 11) is 0. The Balaban J connectivity index is 2.15. The van der Waals surface area contributed by atoms with E-state index >= 15 is 0 Å². The minimum absolute atomic E-state index is 0.151. The molecule has 2 aromatic carbocycles. The van der Waals surface area contributed by atoms with Gasteiger partial charge in [0.1, 0.15) is 5.82 Å². The van der Waals surface area contributed by atoms with Crippen molar-refractivity contribution in [1.29, 1.82) is 0 Å². The number of benzene rings is 2. The fourth-order valence-corrected chi connectivity index (χ4v) is 2.17. The molecule has 0 unspecified atom stereocenters. The quantitative estimate of drug-likeness (QED) is 0.466. The molecule has 0 aliphatic carbocycles. The Morgan fingerprint density at radius 2 is 2.00 bits per heavy atom. The lowest BCUT2D eigenvalue weighted by Crippen LogP contribution is -2.13. The van der Waals surface area contributed by atoms with Crippen LogP contribution in [0.5, 0.6) is 5.75 Å². The lowest BCUT2D eigenvalue weighted by molar-refractivity contribution is -0.386. The number of nitrogens with zero attached hydrogens (tertiary/aromatic N) is 1. The van der Waals surface area contributed by atoms with Crippen LogP contribution in [0.3, 0.4) is 0 Å². The second-order valence-corrected chi connectivity index (χ2v) is 4.92. The van der Waals surface area contributed by atoms with Crippen LogP contribution >= 0.6 is 15.9 Å². The fourth-order valence-electron chi connectivity index (χ4n) is 1.66. The van der Waals surface area contributed by atoms with Crippen molar-refractivity contribution in [3.63, 3.8) is 0 Å². The van der Waals surface area contributed by atoms with E-state index in [9.17, 15) is 19.3 Å². The summed E-state index contributed by atoms with van der Waals surface area (Å²) < 4.78 is 18.7. The summed E-state index contributed by atoms with van der Waals surface area (Å²) in [4.78, 5) is 22.0. The van der Waals surface area contributed by atoms with Crippen molar-refractivity contribution in [1.82, 2.24) is 0 Å². The van der Waals surface area contributed by atoms with Crippen molar-refractivity contribution in [3.8, 4) is 5.75 Å². The van der Waals surface area contributed by atoms with Crippen LogP contribution in [-0.4, -0.2) is 17.3 Å². The lowest BCUT2D eigenvalue weighted by Gasteiger charge is -2.07. The highest BCUT2D eigenvalue weighted by Gasteiger charge is 2.18. The molecule has 0 spiro atoms. The second-order valence-electron chi connectivity index (χ2n) is 4.06. The number of nitro benzene ring substituents is 1. The molecule has 0 atom stereocenters. The summed E-state index contributed by atoms with van der Waals surface area (Å²) in [6.45, 7) is -0.380. The lowest BCUT2D eigenvalue weighted by atomic mass is 10.1. The SMILES string of the molecule is O=C(COc1ccc(F)cc1[N+](=O)[O-])c1ccccc1Br. The van der Waals surface area contributed by atoms with Gasteiger partial charge in [0, 0.05) is 10.0 Å². The average molecular weight is 354 g/mol. The fraction of sp³-hybridized carbons (Fsp3) is 0.0714. The summed E-state index contributed by atoms with van der Waals surface area (Å²) >= 11 is 3.24. The molecule has 0 saturated heterocycles. The van der Waals surface area contributed by atoms with Crippen LogP contribution in [0, 0.1) is 15.9 Å². The van der Waals surface area contributed by atoms with E-state index in [1.54, 1.807) is 24.3 Å². The zero-order valence-electron chi connectivity index (χ0n) is 10.6. The van der Waals surface area contributed by atoms with Gasteiger partial charge < -0.3 is 4.74 Å². The normalized spacial score (nSPS) is 10.2. The first kappa shape index (κ1) is 15.1. The first-order valence-corrected chi connectivity index (χ1v) is 6.63. The number of carbonyl (C=O) groups excluding carboxylic acids is 1. The molecule has 5 nitrogen and oxygen atoms in total. The van der Waals surface area contributed by atoms with Crippen LogP contribution in [0.25, 0.3) is 0 Å². The van der Waals surface area contributed by atoms with Gasteiger partial charge in [-0.05, 0) is 18.2 Å². The number of Topliss-reactive ketones (excluding diaryl/α,β-unsaturated/α-hetero) is 1. The van der Waals surface area contributed by atoms with Crippen LogP contribution in [0.4, 0.5) is 10.1 Å². The smallest absolute Gasteiger partial charge is 0.313 e. The number of ketones is 1. The Bertz CT molecular complexity index is 705. The largest absolute Gasteiger partial charge is 0.478 e. The van der Waals surface area contributed by atoms with Crippen LogP contribution in [0.15, 0.2) is 46.9 Å². The van der Waals surface area contributed by atoms with Crippen LogP contribution in [0.1, 0.15) is 10.4 Å². The number of hydrogen-bond acceptors (Lipinski definition) is 4. The number of ether oxygens (including phenoxy) is 1. The monoisotopic (exact) mass is 353 g/mol. The van der Waals surface area contributed by atoms with E-state index in [0.29, 0.717) is 10.0 Å². The van der Waals surface area contributed by atoms with Crippen LogP contribution in [-0.2, 0) is 0 Å². The number of nitro groups is 1. The first-order chi connectivity index (χ1) is 9.99. The maximum atomic E-state index is 13.0. The molecule has 0 heterocycles. The molecular weight excluding hydrogens is 345 g/mol. The highest BCUT2D eigenvalue weighted by atomic mass is 79.9. The second kappa shape index (κ2) is 6.45. The summed E-state index contributed by atoms with van der Waals surface area (Å²) in [6.07, 6.45) is 0. The molecule has 0 bridgehead atoms. The van der Waals surface area contributed by atoms with Gasteiger partial charge in [-0.3, -0.25) is 14.9 Å². The van der Waals surface area contributed by atoms with Crippen molar-refractivity contribution in [2.24, 2.45) is 0 Å². The highest BCUT2D eigenvalue weighted by Crippen LogP contribution is 2.27. The third-order valence-corrected chi connectivity index (χ3v) is 3.34. The van der Waals surface area contributed by atoms with Crippen molar-refractivity contribution in [3.05, 3.63) is 68.4 Å². The summed E-state index contributed by atoms with van der Waals surface area (Å²) in [5.74, 6) is -1.24. The Labute approximate surface area is 127 Å². The van der Waals surface area contributed by atoms with Gasteiger partial charge in [0.15, 0.2) is 12.4 Å². The third-order valence-electron chi connectivity index (χ3n) is 2.65. The Kier molecular flexibility index (Phi) is 4.64. The molecule has 0 aromatic heterocycles. The molecule has 0 fully saturated rings. The van der Waals surface area contributed by atoms with Crippen molar-refractivity contribution in [2.75, 3.05) is 6.61 Å². The zero-order valence-corrected chi connectivity index (χ0v) is 12.2. The third kappa shape index (κ3) is 3.63. The zero-order chi connectivity index (χ0) is 15.4. The van der Waals surface area contributed by atoms with Crippen LogP contribution < -0.4 is 4.74 Å². The van der Waals surface area contributed by atoms with E-state index in [0.717, 1.165) is 18.2 Å². The summed E-state index contributed by atoms with van der Waals surface area (Å²) in [5.41, 5.74) is -0.114. The van der Waals surface area contributed by atoms with Gasteiger partial charge in [0.25, 0.3) is 0 Å². The van der Waals surface area contributed by atoms with Gasteiger partial charge >= 0.3 is 5.69 Å². The Morgan fingerprint density at radius 3 is 2.67 bits per heavy atom. The number of halogens is 2. The first-order valence-electron chi connectivity index (χ1n) is 5.83. The van der Waals surface area contributed by atoms with E-state index in [-0.39, 0.29) is 18.1 Å². The minimum Gasteiger partial charge on any atom is -0.478 e. The molecule has 0 N–H and O–H groups in total. The van der Waals surface area contributed by atoms with Gasteiger partial charge in [0.05, 0.1) is 11.0 Å². The van der Waals surface area contributed by atoms with Gasteiger partial charge in [-0.15, -0.1) is 0 Å². The molecule has 7 heteroatoms. The molecule has 2 aromatic rings. The number of rotatable bonds is 5. The predicted octanol–water partition coefficient (Wildman–Crippen LogP) is 3.76. The van der Waals surface area contributed by atoms with E-state index in [1.807, 2.05) is 0 Å². The molecule has 0 aliphatic heterocycles.